The van der Waals surface area contributed by atoms with Crippen molar-refractivity contribution in [3.8, 4) is 0 Å². The van der Waals surface area contributed by atoms with Crippen LogP contribution in [-0.2, 0) is 16.0 Å². The van der Waals surface area contributed by atoms with Gasteiger partial charge in [-0.2, -0.15) is 0 Å². The number of carbonyl (C=O) groups excluding carboxylic acids is 1. The van der Waals surface area contributed by atoms with E-state index in [0.29, 0.717) is 12.5 Å². The van der Waals surface area contributed by atoms with Gasteiger partial charge in [-0.25, -0.2) is 0 Å². The van der Waals surface area contributed by atoms with Gasteiger partial charge in [0.05, 0.1) is 7.11 Å². The number of ether oxygens (including phenoxy) is 1. The molecule has 0 bridgehead atoms. The summed E-state index contributed by atoms with van der Waals surface area (Å²) in [6.45, 7) is 1.12. The molecule has 0 spiro atoms. The monoisotopic (exact) mass is 233 g/mol. The normalized spacial score (nSPS) is 19.2. The lowest BCUT2D eigenvalue weighted by molar-refractivity contribution is -0.140. The summed E-state index contributed by atoms with van der Waals surface area (Å²) in [6.07, 6.45) is 3.69. The molecule has 0 unspecified atom stereocenters. The van der Waals surface area contributed by atoms with Crippen LogP contribution in [0, 0.1) is 0 Å². The fraction of sp³-hybridized carbons (Fsp3) is 0.500. The van der Waals surface area contributed by atoms with Gasteiger partial charge in [0.2, 0.25) is 0 Å². The summed E-state index contributed by atoms with van der Waals surface area (Å²) in [7, 11) is 1.43. The van der Waals surface area contributed by atoms with Gasteiger partial charge < -0.3 is 10.1 Å². The highest BCUT2D eigenvalue weighted by Crippen LogP contribution is 2.23. The smallest absolute Gasteiger partial charge is 0.305 e. The van der Waals surface area contributed by atoms with Gasteiger partial charge in [0.1, 0.15) is 0 Å². The van der Waals surface area contributed by atoms with E-state index in [1.165, 1.54) is 31.1 Å². The number of hydrogen-bond donors (Lipinski definition) is 1. The molecule has 1 N–H and O–H groups in total. The first kappa shape index (κ1) is 12.1. The molecule has 3 heteroatoms. The molecular weight excluding hydrogens is 214 g/mol. The van der Waals surface area contributed by atoms with Crippen molar-refractivity contribution in [2.45, 2.75) is 31.7 Å². The molecule has 0 aromatic heterocycles. The lowest BCUT2D eigenvalue weighted by Crippen LogP contribution is -2.12. The average Bonchev–Trinajstić information content (AvgIpc) is 2.90. The summed E-state index contributed by atoms with van der Waals surface area (Å²) in [4.78, 5) is 11.0. The van der Waals surface area contributed by atoms with Gasteiger partial charge >= 0.3 is 5.97 Å². The molecule has 0 amide bonds. The number of nitrogens with one attached hydrogen (secondary N) is 1. The highest BCUT2D eigenvalue weighted by Gasteiger charge is 2.15. The Labute approximate surface area is 102 Å². The second kappa shape index (κ2) is 5.82. The van der Waals surface area contributed by atoms with Crippen LogP contribution in [0.2, 0.25) is 0 Å². The van der Waals surface area contributed by atoms with E-state index < -0.39 is 0 Å². The Bertz CT molecular complexity index is 366. The first-order valence-corrected chi connectivity index (χ1v) is 6.18. The summed E-state index contributed by atoms with van der Waals surface area (Å²) in [5.74, 6) is -0.147. The summed E-state index contributed by atoms with van der Waals surface area (Å²) >= 11 is 0. The van der Waals surface area contributed by atoms with Gasteiger partial charge in [0.15, 0.2) is 0 Å². The van der Waals surface area contributed by atoms with Crippen LogP contribution in [0.4, 0.5) is 0 Å². The quantitative estimate of drug-likeness (QED) is 0.810. The number of esters is 1. The zero-order valence-electron chi connectivity index (χ0n) is 10.2. The summed E-state index contributed by atoms with van der Waals surface area (Å²) in [5.41, 5.74) is 2.54. The van der Waals surface area contributed by atoms with E-state index in [-0.39, 0.29) is 5.97 Å². The van der Waals surface area contributed by atoms with Gasteiger partial charge in [0, 0.05) is 12.5 Å². The molecule has 1 aliphatic heterocycles. The van der Waals surface area contributed by atoms with Crippen LogP contribution < -0.4 is 5.32 Å². The third-order valence-corrected chi connectivity index (χ3v) is 3.29. The Balaban J connectivity index is 1.90. The lowest BCUT2D eigenvalue weighted by atomic mass is 10.0. The molecule has 1 heterocycles. The summed E-state index contributed by atoms with van der Waals surface area (Å²) in [5, 5.41) is 3.48. The van der Waals surface area contributed by atoms with Crippen molar-refractivity contribution in [2.75, 3.05) is 13.7 Å². The van der Waals surface area contributed by atoms with Crippen molar-refractivity contribution >= 4 is 5.97 Å². The molecule has 1 saturated heterocycles. The second-order valence-electron chi connectivity index (χ2n) is 4.47. The molecule has 1 aromatic rings. The van der Waals surface area contributed by atoms with Crippen LogP contribution in [0.5, 0.6) is 0 Å². The third-order valence-electron chi connectivity index (χ3n) is 3.29. The zero-order valence-corrected chi connectivity index (χ0v) is 10.2. The van der Waals surface area contributed by atoms with E-state index >= 15 is 0 Å². The van der Waals surface area contributed by atoms with E-state index in [2.05, 4.69) is 34.3 Å². The molecular formula is C14H19NO2. The minimum absolute atomic E-state index is 0.147. The number of carbonyl (C=O) groups is 1. The number of hydrogen-bond acceptors (Lipinski definition) is 3. The second-order valence-corrected chi connectivity index (χ2v) is 4.47. The molecule has 1 fully saturated rings. The molecule has 1 aliphatic rings. The molecule has 2 rings (SSSR count). The number of rotatable bonds is 4. The Morgan fingerprint density at radius 3 is 2.76 bits per heavy atom. The third kappa shape index (κ3) is 3.30. The van der Waals surface area contributed by atoms with E-state index in [1.54, 1.807) is 0 Å². The van der Waals surface area contributed by atoms with Crippen molar-refractivity contribution in [1.29, 1.82) is 0 Å². The minimum Gasteiger partial charge on any atom is -0.469 e. The molecule has 3 nitrogen and oxygen atoms in total. The summed E-state index contributed by atoms with van der Waals surface area (Å²) in [6, 6.07) is 9.06. The van der Waals surface area contributed by atoms with Crippen LogP contribution in [0.25, 0.3) is 0 Å². The summed E-state index contributed by atoms with van der Waals surface area (Å²) < 4.78 is 4.63. The predicted octanol–water partition coefficient (Wildman–Crippen LogP) is 2.22. The van der Waals surface area contributed by atoms with E-state index in [0.717, 1.165) is 13.0 Å². The topological polar surface area (TPSA) is 38.3 Å². The molecule has 17 heavy (non-hydrogen) atoms. The van der Waals surface area contributed by atoms with Crippen molar-refractivity contribution < 1.29 is 9.53 Å². The molecule has 1 aromatic carbocycles. The Hall–Kier alpha value is -1.35. The van der Waals surface area contributed by atoms with E-state index in [4.69, 9.17) is 0 Å². The number of methoxy groups -OCH3 is 1. The van der Waals surface area contributed by atoms with Crippen molar-refractivity contribution in [2.24, 2.45) is 0 Å². The Kier molecular flexibility index (Phi) is 4.15. The Morgan fingerprint density at radius 2 is 2.18 bits per heavy atom. The van der Waals surface area contributed by atoms with Crippen LogP contribution in [0.15, 0.2) is 24.3 Å². The van der Waals surface area contributed by atoms with Crippen LogP contribution in [-0.4, -0.2) is 19.6 Å². The molecule has 1 atom stereocenters. The molecule has 0 radical (unpaired) electrons. The van der Waals surface area contributed by atoms with Gasteiger partial charge in [-0.05, 0) is 36.9 Å². The predicted molar refractivity (Wildman–Crippen MR) is 66.8 cm³/mol. The lowest BCUT2D eigenvalue weighted by Gasteiger charge is -2.11. The Morgan fingerprint density at radius 1 is 1.41 bits per heavy atom. The van der Waals surface area contributed by atoms with Crippen molar-refractivity contribution in [3.63, 3.8) is 0 Å². The molecule has 0 aliphatic carbocycles. The fourth-order valence-corrected chi connectivity index (χ4v) is 2.23. The van der Waals surface area contributed by atoms with Crippen LogP contribution >= 0.6 is 0 Å². The highest BCUT2D eigenvalue weighted by atomic mass is 16.5. The SMILES string of the molecule is COC(=O)CCc1ccc([C@@H]2CCCN2)cc1. The first-order chi connectivity index (χ1) is 8.29. The number of benzene rings is 1. The number of aryl methyl sites for hydroxylation is 1. The molecule has 92 valence electrons. The fourth-order valence-electron chi connectivity index (χ4n) is 2.23. The van der Waals surface area contributed by atoms with Gasteiger partial charge in [0.25, 0.3) is 0 Å². The largest absolute Gasteiger partial charge is 0.469 e. The minimum atomic E-state index is -0.147. The van der Waals surface area contributed by atoms with Crippen LogP contribution in [0.3, 0.4) is 0 Å². The zero-order chi connectivity index (χ0) is 12.1. The molecule has 0 saturated carbocycles. The van der Waals surface area contributed by atoms with Gasteiger partial charge in [-0.15, -0.1) is 0 Å². The van der Waals surface area contributed by atoms with Gasteiger partial charge in [-0.1, -0.05) is 24.3 Å². The van der Waals surface area contributed by atoms with Crippen molar-refractivity contribution in [1.82, 2.24) is 5.32 Å². The van der Waals surface area contributed by atoms with E-state index in [9.17, 15) is 4.79 Å². The maximum Gasteiger partial charge on any atom is 0.305 e. The van der Waals surface area contributed by atoms with Crippen LogP contribution in [0.1, 0.15) is 36.4 Å². The maximum atomic E-state index is 11.0. The average molecular weight is 233 g/mol. The maximum absolute atomic E-state index is 11.0. The van der Waals surface area contributed by atoms with Crippen molar-refractivity contribution in [3.05, 3.63) is 35.4 Å². The van der Waals surface area contributed by atoms with Gasteiger partial charge in [-0.3, -0.25) is 4.79 Å². The highest BCUT2D eigenvalue weighted by molar-refractivity contribution is 5.69. The van der Waals surface area contributed by atoms with E-state index in [1.807, 2.05) is 0 Å². The first-order valence-electron chi connectivity index (χ1n) is 6.18. The standard InChI is InChI=1S/C14H19NO2/c1-17-14(16)9-6-11-4-7-12(8-5-11)13-3-2-10-15-13/h4-5,7-8,13,15H,2-3,6,9-10H2,1H3/t13-/m0/s1.